The molecule has 0 aliphatic carbocycles. The predicted molar refractivity (Wildman–Crippen MR) is 66.9 cm³/mol. The second kappa shape index (κ2) is 7.17. The number of hydrogen-bond donors (Lipinski definition) is 2. The van der Waals surface area contributed by atoms with Crippen molar-refractivity contribution in [3.05, 3.63) is 23.8 Å². The molecule has 1 heterocycles. The molecule has 1 aromatic heterocycles. The van der Waals surface area contributed by atoms with Crippen molar-refractivity contribution in [3.63, 3.8) is 0 Å². The summed E-state index contributed by atoms with van der Waals surface area (Å²) in [7, 11) is 1.21. The molecule has 1 rings (SSSR count). The fraction of sp³-hybridized carbons (Fsp3) is 0.417. The molecular formula is C12H15N3O5. The predicted octanol–water partition coefficient (Wildman–Crippen LogP) is -0.0788. The van der Waals surface area contributed by atoms with Crippen LogP contribution in [0.4, 0.5) is 0 Å². The molecule has 20 heavy (non-hydrogen) atoms. The highest BCUT2D eigenvalue weighted by molar-refractivity contribution is 5.94. The first-order valence-electron chi connectivity index (χ1n) is 5.83. The van der Waals surface area contributed by atoms with E-state index in [0.717, 1.165) is 0 Å². The van der Waals surface area contributed by atoms with E-state index in [9.17, 15) is 14.4 Å². The van der Waals surface area contributed by atoms with Crippen LogP contribution in [0.5, 0.6) is 0 Å². The average molecular weight is 281 g/mol. The molecule has 8 heteroatoms. The maximum Gasteiger partial charge on any atom is 0.326 e. The summed E-state index contributed by atoms with van der Waals surface area (Å²) in [6.07, 6.45) is 2.49. The van der Waals surface area contributed by atoms with Gasteiger partial charge in [-0.2, -0.15) is 0 Å². The quantitative estimate of drug-likeness (QED) is 0.700. The van der Waals surface area contributed by atoms with Crippen molar-refractivity contribution < 1.29 is 24.2 Å². The monoisotopic (exact) mass is 281 g/mol. The Kier molecular flexibility index (Phi) is 5.57. The normalized spacial score (nSPS) is 11.5. The number of ether oxygens (including phenoxy) is 1. The van der Waals surface area contributed by atoms with Crippen LogP contribution in [-0.2, 0) is 14.3 Å². The molecule has 0 aromatic carbocycles. The summed E-state index contributed by atoms with van der Waals surface area (Å²) in [5.41, 5.74) is 0.655. The molecule has 0 saturated heterocycles. The van der Waals surface area contributed by atoms with Gasteiger partial charge in [0.25, 0.3) is 5.91 Å². The van der Waals surface area contributed by atoms with Crippen LogP contribution in [0.3, 0.4) is 0 Å². The Labute approximate surface area is 115 Å². The van der Waals surface area contributed by atoms with Gasteiger partial charge in [0, 0.05) is 12.6 Å². The summed E-state index contributed by atoms with van der Waals surface area (Å²) in [5, 5.41) is 11.3. The van der Waals surface area contributed by atoms with Crippen molar-refractivity contribution in [1.82, 2.24) is 15.3 Å². The molecule has 0 aliphatic rings. The lowest BCUT2D eigenvalue weighted by Crippen LogP contribution is -2.41. The first-order chi connectivity index (χ1) is 9.43. The van der Waals surface area contributed by atoms with Gasteiger partial charge in [-0.1, -0.05) is 0 Å². The molecule has 1 amide bonds. The van der Waals surface area contributed by atoms with Gasteiger partial charge in [-0.15, -0.1) is 0 Å². The lowest BCUT2D eigenvalue weighted by atomic mass is 10.1. The number of esters is 1. The van der Waals surface area contributed by atoms with E-state index in [1.807, 2.05) is 0 Å². The number of methoxy groups -OCH3 is 1. The minimum Gasteiger partial charge on any atom is -0.480 e. The van der Waals surface area contributed by atoms with Crippen LogP contribution in [0.15, 0.2) is 12.4 Å². The highest BCUT2D eigenvalue weighted by Crippen LogP contribution is 2.02. The number of carbonyl (C=O) groups is 3. The first-order valence-corrected chi connectivity index (χ1v) is 5.83. The van der Waals surface area contributed by atoms with E-state index in [0.29, 0.717) is 5.69 Å². The van der Waals surface area contributed by atoms with Gasteiger partial charge in [0.05, 0.1) is 19.0 Å². The van der Waals surface area contributed by atoms with E-state index in [4.69, 9.17) is 5.11 Å². The minimum atomic E-state index is -1.23. The largest absolute Gasteiger partial charge is 0.480 e. The summed E-state index contributed by atoms with van der Waals surface area (Å²) in [4.78, 5) is 41.5. The van der Waals surface area contributed by atoms with Crippen molar-refractivity contribution in [2.24, 2.45) is 0 Å². The number of carbonyl (C=O) groups excluding carboxylic acids is 2. The number of rotatable bonds is 6. The highest BCUT2D eigenvalue weighted by atomic mass is 16.5. The molecule has 0 aliphatic heterocycles. The number of hydrogen-bond acceptors (Lipinski definition) is 6. The van der Waals surface area contributed by atoms with Crippen LogP contribution in [-0.4, -0.2) is 46.1 Å². The number of nitrogens with one attached hydrogen (secondary N) is 1. The molecule has 0 saturated carbocycles. The molecule has 1 aromatic rings. The van der Waals surface area contributed by atoms with E-state index in [1.54, 1.807) is 6.92 Å². The highest BCUT2D eigenvalue weighted by Gasteiger charge is 2.22. The van der Waals surface area contributed by atoms with Crippen LogP contribution < -0.4 is 5.32 Å². The first kappa shape index (κ1) is 15.5. The van der Waals surface area contributed by atoms with Crippen molar-refractivity contribution in [2.75, 3.05) is 7.11 Å². The molecule has 0 fully saturated rings. The van der Waals surface area contributed by atoms with Crippen molar-refractivity contribution in [1.29, 1.82) is 0 Å². The third-order valence-corrected chi connectivity index (χ3v) is 2.48. The summed E-state index contributed by atoms with van der Waals surface area (Å²) < 4.78 is 4.42. The zero-order valence-corrected chi connectivity index (χ0v) is 11.1. The van der Waals surface area contributed by atoms with Crippen LogP contribution in [0.2, 0.25) is 0 Å². The summed E-state index contributed by atoms with van der Waals surface area (Å²) in [6, 6.07) is -1.19. The number of aliphatic carboxylic acids is 1. The van der Waals surface area contributed by atoms with Gasteiger partial charge in [0.1, 0.15) is 11.7 Å². The molecule has 1 atom stereocenters. The molecule has 108 valence electrons. The average Bonchev–Trinajstić information content (AvgIpc) is 2.43. The standard InChI is InChI=1S/C12H15N3O5/c1-7-5-14-9(6-13-7)11(17)15-8(12(18)19)3-4-10(16)20-2/h5-6,8H,3-4H2,1-2H3,(H,15,17)(H,18,19). The lowest BCUT2D eigenvalue weighted by Gasteiger charge is -2.13. The Morgan fingerprint density at radius 1 is 1.35 bits per heavy atom. The van der Waals surface area contributed by atoms with Crippen LogP contribution in [0, 0.1) is 6.92 Å². The second-order valence-corrected chi connectivity index (χ2v) is 4.02. The maximum absolute atomic E-state index is 11.8. The zero-order chi connectivity index (χ0) is 15.1. The smallest absolute Gasteiger partial charge is 0.326 e. The Morgan fingerprint density at radius 3 is 2.55 bits per heavy atom. The summed E-state index contributed by atoms with van der Waals surface area (Å²) in [5.74, 6) is -2.43. The zero-order valence-electron chi connectivity index (χ0n) is 11.1. The number of carboxylic acid groups (broad SMARTS) is 1. The van der Waals surface area contributed by atoms with Gasteiger partial charge in [-0.05, 0) is 13.3 Å². The molecular weight excluding hydrogens is 266 g/mol. The van der Waals surface area contributed by atoms with Crippen LogP contribution >= 0.6 is 0 Å². The lowest BCUT2D eigenvalue weighted by molar-refractivity contribution is -0.142. The topological polar surface area (TPSA) is 118 Å². The van der Waals surface area contributed by atoms with Gasteiger partial charge in [0.2, 0.25) is 0 Å². The van der Waals surface area contributed by atoms with E-state index in [-0.39, 0.29) is 18.5 Å². The number of aromatic nitrogens is 2. The Morgan fingerprint density at radius 2 is 2.05 bits per heavy atom. The summed E-state index contributed by atoms with van der Waals surface area (Å²) >= 11 is 0. The SMILES string of the molecule is COC(=O)CCC(NC(=O)c1cnc(C)cn1)C(=O)O. The van der Waals surface area contributed by atoms with Gasteiger partial charge >= 0.3 is 11.9 Å². The van der Waals surface area contributed by atoms with Gasteiger partial charge in [-0.3, -0.25) is 14.6 Å². The fourth-order valence-corrected chi connectivity index (χ4v) is 1.36. The molecule has 0 radical (unpaired) electrons. The summed E-state index contributed by atoms with van der Waals surface area (Å²) in [6.45, 7) is 1.71. The number of nitrogens with zero attached hydrogens (tertiary/aromatic N) is 2. The van der Waals surface area contributed by atoms with Gasteiger partial charge in [0.15, 0.2) is 0 Å². The Balaban J connectivity index is 2.65. The molecule has 1 unspecified atom stereocenters. The van der Waals surface area contributed by atoms with E-state index in [1.165, 1.54) is 19.5 Å². The third kappa shape index (κ3) is 4.63. The molecule has 0 bridgehead atoms. The Bertz CT molecular complexity index is 500. The molecule has 2 N–H and O–H groups in total. The second-order valence-electron chi connectivity index (χ2n) is 4.02. The number of amides is 1. The molecule has 8 nitrogen and oxygen atoms in total. The fourth-order valence-electron chi connectivity index (χ4n) is 1.36. The van der Waals surface area contributed by atoms with Crippen molar-refractivity contribution >= 4 is 17.8 Å². The Hall–Kier alpha value is -2.51. The van der Waals surface area contributed by atoms with Gasteiger partial charge in [-0.25, -0.2) is 9.78 Å². The minimum absolute atomic E-state index is 0.0138. The third-order valence-electron chi connectivity index (χ3n) is 2.48. The van der Waals surface area contributed by atoms with E-state index >= 15 is 0 Å². The molecule has 0 spiro atoms. The maximum atomic E-state index is 11.8. The van der Waals surface area contributed by atoms with E-state index in [2.05, 4.69) is 20.0 Å². The van der Waals surface area contributed by atoms with E-state index < -0.39 is 23.9 Å². The number of aryl methyl sites for hydroxylation is 1. The van der Waals surface area contributed by atoms with Crippen LogP contribution in [0.1, 0.15) is 29.0 Å². The van der Waals surface area contributed by atoms with Crippen LogP contribution in [0.25, 0.3) is 0 Å². The van der Waals surface area contributed by atoms with Gasteiger partial charge < -0.3 is 15.2 Å². The van der Waals surface area contributed by atoms with Crippen molar-refractivity contribution in [3.8, 4) is 0 Å². The number of carboxylic acids is 1. The van der Waals surface area contributed by atoms with Crippen molar-refractivity contribution in [2.45, 2.75) is 25.8 Å².